The molecule has 27 heavy (non-hydrogen) atoms. The van der Waals surface area contributed by atoms with E-state index in [2.05, 4.69) is 5.32 Å². The number of halogens is 2. The number of esters is 1. The molecule has 1 unspecified atom stereocenters. The van der Waals surface area contributed by atoms with Gasteiger partial charge in [0.25, 0.3) is 5.91 Å². The number of nitrogens with zero attached hydrogens (tertiary/aromatic N) is 1. The second-order valence-corrected chi connectivity index (χ2v) is 6.52. The molecular formula is C19H16ClFN2O4. The van der Waals surface area contributed by atoms with Gasteiger partial charge >= 0.3 is 5.97 Å². The maximum absolute atomic E-state index is 13.8. The first-order chi connectivity index (χ1) is 12.9. The summed E-state index contributed by atoms with van der Waals surface area (Å²) in [4.78, 5) is 38.2. The number of para-hydroxylation sites is 2. The second kappa shape index (κ2) is 7.75. The molecule has 0 saturated heterocycles. The molecule has 8 heteroatoms. The third-order valence-corrected chi connectivity index (χ3v) is 4.34. The molecule has 0 bridgehead atoms. The highest BCUT2D eigenvalue weighted by atomic mass is 35.5. The van der Waals surface area contributed by atoms with Crippen molar-refractivity contribution in [3.63, 3.8) is 0 Å². The van der Waals surface area contributed by atoms with Crippen LogP contribution in [0, 0.1) is 5.82 Å². The van der Waals surface area contributed by atoms with E-state index < -0.39 is 30.3 Å². The maximum atomic E-state index is 13.8. The molecule has 2 aromatic rings. The van der Waals surface area contributed by atoms with E-state index >= 15 is 0 Å². The standard InChI is InChI=1S/C19H16ClFN2O4/c1-11-8-17(24)22-15-4-2-3-5-16(15)23(11)18(25)10-27-19(26)13-9-12(20)6-7-14(13)21/h2-7,9,11H,8,10H2,1H3,(H,22,24). The van der Waals surface area contributed by atoms with Crippen LogP contribution in [0.1, 0.15) is 23.7 Å². The Hall–Kier alpha value is -2.93. The van der Waals surface area contributed by atoms with Crippen LogP contribution in [0.5, 0.6) is 0 Å². The van der Waals surface area contributed by atoms with Crippen LogP contribution in [0.2, 0.25) is 5.02 Å². The molecule has 3 rings (SSSR count). The lowest BCUT2D eigenvalue weighted by molar-refractivity contribution is -0.122. The first kappa shape index (κ1) is 18.8. The topological polar surface area (TPSA) is 75.7 Å². The van der Waals surface area contributed by atoms with Gasteiger partial charge in [0, 0.05) is 17.5 Å². The van der Waals surface area contributed by atoms with Gasteiger partial charge in [-0.25, -0.2) is 9.18 Å². The average molecular weight is 391 g/mol. The summed E-state index contributed by atoms with van der Waals surface area (Å²) in [6.07, 6.45) is 0.0945. The van der Waals surface area contributed by atoms with E-state index in [1.807, 2.05) is 0 Å². The molecule has 140 valence electrons. The second-order valence-electron chi connectivity index (χ2n) is 6.08. The minimum absolute atomic E-state index is 0.0945. The van der Waals surface area contributed by atoms with Gasteiger partial charge in [0.1, 0.15) is 5.82 Å². The van der Waals surface area contributed by atoms with Gasteiger partial charge in [-0.05, 0) is 37.3 Å². The smallest absolute Gasteiger partial charge is 0.341 e. The Bertz CT molecular complexity index is 918. The van der Waals surface area contributed by atoms with E-state index in [1.54, 1.807) is 31.2 Å². The van der Waals surface area contributed by atoms with Gasteiger partial charge in [-0.1, -0.05) is 23.7 Å². The molecule has 0 fully saturated rings. The Labute approximate surface area is 159 Å². The molecule has 1 aliphatic rings. The summed E-state index contributed by atoms with van der Waals surface area (Å²) in [5.41, 5.74) is 0.648. The minimum atomic E-state index is -0.992. The van der Waals surface area contributed by atoms with Crippen molar-refractivity contribution in [2.24, 2.45) is 0 Å². The Morgan fingerprint density at radius 3 is 2.81 bits per heavy atom. The first-order valence-corrected chi connectivity index (χ1v) is 8.57. The number of amides is 2. The molecule has 1 heterocycles. The molecule has 0 spiro atoms. The van der Waals surface area contributed by atoms with E-state index in [9.17, 15) is 18.8 Å². The zero-order chi connectivity index (χ0) is 19.6. The highest BCUT2D eigenvalue weighted by Crippen LogP contribution is 2.31. The van der Waals surface area contributed by atoms with Crippen molar-refractivity contribution < 1.29 is 23.5 Å². The number of carbonyl (C=O) groups excluding carboxylic acids is 3. The van der Waals surface area contributed by atoms with Crippen LogP contribution in [0.25, 0.3) is 0 Å². The highest BCUT2D eigenvalue weighted by Gasteiger charge is 2.30. The van der Waals surface area contributed by atoms with E-state index in [1.165, 1.54) is 11.0 Å². The van der Waals surface area contributed by atoms with E-state index in [-0.39, 0.29) is 22.9 Å². The molecule has 1 atom stereocenters. The molecule has 1 aliphatic heterocycles. The summed E-state index contributed by atoms with van der Waals surface area (Å²) in [5.74, 6) is -2.53. The van der Waals surface area contributed by atoms with Crippen molar-refractivity contribution in [2.75, 3.05) is 16.8 Å². The predicted molar refractivity (Wildman–Crippen MR) is 98.3 cm³/mol. The largest absolute Gasteiger partial charge is 0.452 e. The van der Waals surface area contributed by atoms with Crippen LogP contribution in [0.15, 0.2) is 42.5 Å². The Kier molecular flexibility index (Phi) is 5.41. The third-order valence-electron chi connectivity index (χ3n) is 4.10. The van der Waals surface area contributed by atoms with Gasteiger partial charge in [-0.3, -0.25) is 9.59 Å². The van der Waals surface area contributed by atoms with Crippen LogP contribution in [0.3, 0.4) is 0 Å². The van der Waals surface area contributed by atoms with Gasteiger partial charge in [-0.2, -0.15) is 0 Å². The maximum Gasteiger partial charge on any atom is 0.341 e. The Morgan fingerprint density at radius 1 is 1.30 bits per heavy atom. The quantitative estimate of drug-likeness (QED) is 0.815. The highest BCUT2D eigenvalue weighted by molar-refractivity contribution is 6.30. The normalized spacial score (nSPS) is 16.2. The fourth-order valence-electron chi connectivity index (χ4n) is 2.90. The molecule has 0 saturated carbocycles. The predicted octanol–water partition coefficient (Wildman–Crippen LogP) is 3.40. The summed E-state index contributed by atoms with van der Waals surface area (Å²) in [6, 6.07) is 9.88. The van der Waals surface area contributed by atoms with Gasteiger partial charge < -0.3 is 15.0 Å². The summed E-state index contributed by atoms with van der Waals surface area (Å²) >= 11 is 5.76. The number of carbonyl (C=O) groups is 3. The molecular weight excluding hydrogens is 375 g/mol. The van der Waals surface area contributed by atoms with Crippen molar-refractivity contribution in [2.45, 2.75) is 19.4 Å². The summed E-state index contributed by atoms with van der Waals surface area (Å²) in [6.45, 7) is 1.12. The fourth-order valence-corrected chi connectivity index (χ4v) is 3.07. The van der Waals surface area contributed by atoms with Gasteiger partial charge in [0.2, 0.25) is 5.91 Å². The van der Waals surface area contributed by atoms with E-state index in [0.29, 0.717) is 11.4 Å². The molecule has 6 nitrogen and oxygen atoms in total. The number of ether oxygens (including phenoxy) is 1. The number of hydrogen-bond donors (Lipinski definition) is 1. The van der Waals surface area contributed by atoms with Crippen LogP contribution in [-0.4, -0.2) is 30.4 Å². The Morgan fingerprint density at radius 2 is 2.04 bits per heavy atom. The van der Waals surface area contributed by atoms with Crippen LogP contribution < -0.4 is 10.2 Å². The zero-order valence-corrected chi connectivity index (χ0v) is 15.1. The minimum Gasteiger partial charge on any atom is -0.452 e. The van der Waals surface area contributed by atoms with Crippen LogP contribution in [0.4, 0.5) is 15.8 Å². The fraction of sp³-hybridized carbons (Fsp3) is 0.211. The molecule has 2 aromatic carbocycles. The van der Waals surface area contributed by atoms with Gasteiger partial charge in [0.05, 0.1) is 16.9 Å². The molecule has 2 amide bonds. The number of nitrogens with one attached hydrogen (secondary N) is 1. The van der Waals surface area contributed by atoms with Crippen molar-refractivity contribution in [3.8, 4) is 0 Å². The summed E-state index contributed by atoms with van der Waals surface area (Å²) in [5, 5.41) is 2.91. The van der Waals surface area contributed by atoms with Crippen molar-refractivity contribution in [1.82, 2.24) is 0 Å². The number of anilines is 2. The van der Waals surface area contributed by atoms with E-state index in [0.717, 1.165) is 12.1 Å². The molecule has 0 aliphatic carbocycles. The molecule has 1 N–H and O–H groups in total. The van der Waals surface area contributed by atoms with Crippen molar-refractivity contribution in [1.29, 1.82) is 0 Å². The number of benzene rings is 2. The lowest BCUT2D eigenvalue weighted by Gasteiger charge is -2.27. The Balaban J connectivity index is 1.78. The first-order valence-electron chi connectivity index (χ1n) is 8.20. The van der Waals surface area contributed by atoms with Crippen molar-refractivity contribution >= 4 is 40.8 Å². The molecule has 0 radical (unpaired) electrons. The SMILES string of the molecule is CC1CC(=O)Nc2ccccc2N1C(=O)COC(=O)c1cc(Cl)ccc1F. The number of hydrogen-bond acceptors (Lipinski definition) is 4. The lowest BCUT2D eigenvalue weighted by Crippen LogP contribution is -2.41. The van der Waals surface area contributed by atoms with Crippen LogP contribution >= 0.6 is 11.6 Å². The van der Waals surface area contributed by atoms with Crippen LogP contribution in [-0.2, 0) is 14.3 Å². The van der Waals surface area contributed by atoms with Crippen molar-refractivity contribution in [3.05, 3.63) is 58.9 Å². The zero-order valence-electron chi connectivity index (χ0n) is 14.4. The average Bonchev–Trinajstić information content (AvgIpc) is 2.75. The van der Waals surface area contributed by atoms with E-state index in [4.69, 9.17) is 16.3 Å². The third kappa shape index (κ3) is 4.09. The number of fused-ring (bicyclic) bond motifs is 1. The lowest BCUT2D eigenvalue weighted by atomic mass is 10.1. The summed E-state index contributed by atoms with van der Waals surface area (Å²) < 4.78 is 18.7. The van der Waals surface area contributed by atoms with Gasteiger partial charge in [-0.15, -0.1) is 0 Å². The molecule has 0 aromatic heterocycles. The number of rotatable bonds is 3. The van der Waals surface area contributed by atoms with Gasteiger partial charge in [0.15, 0.2) is 6.61 Å². The monoisotopic (exact) mass is 390 g/mol. The summed E-state index contributed by atoms with van der Waals surface area (Å²) in [7, 11) is 0.